The van der Waals surface area contributed by atoms with E-state index >= 15 is 0 Å². The fourth-order valence-electron chi connectivity index (χ4n) is 3.18. The molecule has 3 N–H and O–H groups in total. The van der Waals surface area contributed by atoms with Crippen LogP contribution in [-0.2, 0) is 16.0 Å². The van der Waals surface area contributed by atoms with Gasteiger partial charge in [-0.15, -0.1) is 11.8 Å². The van der Waals surface area contributed by atoms with Gasteiger partial charge in [0.2, 0.25) is 11.8 Å². The summed E-state index contributed by atoms with van der Waals surface area (Å²) in [5.41, 5.74) is -0.0734. The van der Waals surface area contributed by atoms with Crippen molar-refractivity contribution >= 4 is 40.2 Å². The summed E-state index contributed by atoms with van der Waals surface area (Å²) >= 11 is 2.97. The van der Waals surface area contributed by atoms with Crippen LogP contribution >= 0.6 is 23.1 Å². The molecule has 1 saturated carbocycles. The molecule has 2 amide bonds. The van der Waals surface area contributed by atoms with E-state index in [2.05, 4.69) is 41.4 Å². The van der Waals surface area contributed by atoms with Crippen molar-refractivity contribution in [2.45, 2.75) is 67.9 Å². The zero-order chi connectivity index (χ0) is 21.0. The molecule has 0 aliphatic heterocycles. The molecule has 1 aliphatic rings. The summed E-state index contributed by atoms with van der Waals surface area (Å²) in [6.45, 7) is 6.23. The van der Waals surface area contributed by atoms with Crippen LogP contribution in [0.1, 0.15) is 58.1 Å². The zero-order valence-electron chi connectivity index (χ0n) is 16.7. The van der Waals surface area contributed by atoms with Crippen molar-refractivity contribution in [2.75, 3.05) is 5.32 Å². The molecule has 1 fully saturated rings. The van der Waals surface area contributed by atoms with E-state index < -0.39 is 6.09 Å². The van der Waals surface area contributed by atoms with Gasteiger partial charge in [0.25, 0.3) is 0 Å². The molecule has 0 bridgehead atoms. The Bertz CT molecular complexity index is 859. The highest BCUT2D eigenvalue weighted by Crippen LogP contribution is 2.33. The molecule has 158 valence electrons. The van der Waals surface area contributed by atoms with E-state index in [1.165, 1.54) is 11.3 Å². The molecule has 2 aromatic rings. The average molecular weight is 439 g/mol. The molecule has 0 saturated heterocycles. The predicted octanol–water partition coefficient (Wildman–Crippen LogP) is 4.49. The number of carboxylic acid groups (broad SMARTS) is 1. The molecule has 2 heterocycles. The SMILES string of the molecule is CC(C)(C)c1cnc(CSc2cnc(NC(=O)C3CCCC(NC(=O)O)C3)s2)o1. The third-order valence-corrected chi connectivity index (χ3v) is 6.81. The number of amides is 2. The van der Waals surface area contributed by atoms with Crippen LogP contribution in [0.15, 0.2) is 21.0 Å². The number of hydrogen-bond donors (Lipinski definition) is 3. The molecule has 1 aliphatic carbocycles. The number of thioether (sulfide) groups is 1. The van der Waals surface area contributed by atoms with Crippen LogP contribution in [0, 0.1) is 5.92 Å². The van der Waals surface area contributed by atoms with E-state index in [-0.39, 0.29) is 23.3 Å². The minimum Gasteiger partial charge on any atom is -0.465 e. The molecular formula is C19H26N4O4S2. The van der Waals surface area contributed by atoms with E-state index in [9.17, 15) is 9.59 Å². The first kappa shape index (κ1) is 21.6. The Morgan fingerprint density at radius 2 is 2.10 bits per heavy atom. The maximum absolute atomic E-state index is 12.5. The highest BCUT2D eigenvalue weighted by molar-refractivity contribution is 8.00. The van der Waals surface area contributed by atoms with Gasteiger partial charge in [-0.05, 0) is 19.3 Å². The summed E-state index contributed by atoms with van der Waals surface area (Å²) in [6.07, 6.45) is 5.33. The zero-order valence-corrected chi connectivity index (χ0v) is 18.4. The van der Waals surface area contributed by atoms with Crippen molar-refractivity contribution < 1.29 is 19.1 Å². The summed E-state index contributed by atoms with van der Waals surface area (Å²) < 4.78 is 6.76. The van der Waals surface area contributed by atoms with Gasteiger partial charge in [0.15, 0.2) is 5.13 Å². The van der Waals surface area contributed by atoms with Gasteiger partial charge in [0.1, 0.15) is 5.76 Å². The molecule has 29 heavy (non-hydrogen) atoms. The second kappa shape index (κ2) is 9.17. The van der Waals surface area contributed by atoms with Gasteiger partial charge in [-0.2, -0.15) is 0 Å². The number of hydrogen-bond acceptors (Lipinski definition) is 7. The monoisotopic (exact) mass is 438 g/mol. The molecule has 0 radical (unpaired) electrons. The Labute approximate surface area is 177 Å². The van der Waals surface area contributed by atoms with Crippen molar-refractivity contribution in [2.24, 2.45) is 5.92 Å². The fraction of sp³-hybridized carbons (Fsp3) is 0.579. The Morgan fingerprint density at radius 1 is 1.31 bits per heavy atom. The van der Waals surface area contributed by atoms with E-state index in [4.69, 9.17) is 9.52 Å². The van der Waals surface area contributed by atoms with E-state index in [0.717, 1.165) is 29.2 Å². The van der Waals surface area contributed by atoms with Crippen LogP contribution in [-0.4, -0.2) is 33.1 Å². The normalized spacial score (nSPS) is 19.7. The summed E-state index contributed by atoms with van der Waals surface area (Å²) in [5.74, 6) is 1.81. The van der Waals surface area contributed by atoms with Crippen molar-refractivity contribution in [1.82, 2.24) is 15.3 Å². The molecule has 2 unspecified atom stereocenters. The van der Waals surface area contributed by atoms with Gasteiger partial charge in [-0.3, -0.25) is 4.79 Å². The van der Waals surface area contributed by atoms with Crippen LogP contribution in [0.3, 0.4) is 0 Å². The molecule has 0 aromatic carbocycles. The number of oxazole rings is 1. The Balaban J connectivity index is 1.50. The lowest BCUT2D eigenvalue weighted by atomic mass is 9.85. The lowest BCUT2D eigenvalue weighted by Gasteiger charge is -2.27. The van der Waals surface area contributed by atoms with Gasteiger partial charge in [-0.1, -0.05) is 38.5 Å². The van der Waals surface area contributed by atoms with Crippen molar-refractivity contribution in [3.05, 3.63) is 24.0 Å². The van der Waals surface area contributed by atoms with Crippen molar-refractivity contribution in [3.63, 3.8) is 0 Å². The number of nitrogens with one attached hydrogen (secondary N) is 2. The summed E-state index contributed by atoms with van der Waals surface area (Å²) in [6, 6.07) is -0.168. The third-order valence-electron chi connectivity index (χ3n) is 4.72. The molecule has 10 heteroatoms. The standard InChI is InChI=1S/C19H26N4O4S2/c1-19(2,3)13-8-20-14(27-13)10-28-15-9-21-17(29-15)23-16(24)11-5-4-6-12(7-11)22-18(25)26/h8-9,11-12,22H,4-7,10H2,1-3H3,(H,25,26)(H,21,23,24). The topological polar surface area (TPSA) is 117 Å². The van der Waals surface area contributed by atoms with Crippen LogP contribution in [0.4, 0.5) is 9.93 Å². The van der Waals surface area contributed by atoms with Gasteiger partial charge in [0, 0.05) is 17.4 Å². The van der Waals surface area contributed by atoms with Crippen LogP contribution in [0.5, 0.6) is 0 Å². The predicted molar refractivity (Wildman–Crippen MR) is 112 cm³/mol. The summed E-state index contributed by atoms with van der Waals surface area (Å²) in [5, 5.41) is 14.8. The van der Waals surface area contributed by atoms with Crippen LogP contribution < -0.4 is 10.6 Å². The molecule has 3 rings (SSSR count). The first-order valence-corrected chi connectivity index (χ1v) is 11.3. The first-order valence-electron chi connectivity index (χ1n) is 9.55. The van der Waals surface area contributed by atoms with Gasteiger partial charge in [-0.25, -0.2) is 14.8 Å². The smallest absolute Gasteiger partial charge is 0.404 e. The Morgan fingerprint density at radius 3 is 2.79 bits per heavy atom. The number of carbonyl (C=O) groups is 2. The van der Waals surface area contributed by atoms with Gasteiger partial charge in [0.05, 0.1) is 22.4 Å². The quantitative estimate of drug-likeness (QED) is 0.569. The number of aromatic nitrogens is 2. The number of thiazole rings is 1. The van der Waals surface area contributed by atoms with Crippen LogP contribution in [0.25, 0.3) is 0 Å². The van der Waals surface area contributed by atoms with Crippen molar-refractivity contribution in [3.8, 4) is 0 Å². The second-order valence-corrected chi connectivity index (χ2v) is 10.4. The van der Waals surface area contributed by atoms with Crippen molar-refractivity contribution in [1.29, 1.82) is 0 Å². The van der Waals surface area contributed by atoms with Crippen LogP contribution in [0.2, 0.25) is 0 Å². The minimum absolute atomic E-state index is 0.0734. The molecule has 2 aromatic heterocycles. The summed E-state index contributed by atoms with van der Waals surface area (Å²) in [4.78, 5) is 32.0. The Kier molecular flexibility index (Phi) is 6.84. The largest absolute Gasteiger partial charge is 0.465 e. The summed E-state index contributed by atoms with van der Waals surface area (Å²) in [7, 11) is 0. The number of rotatable bonds is 6. The maximum Gasteiger partial charge on any atom is 0.404 e. The highest BCUT2D eigenvalue weighted by atomic mass is 32.2. The Hall–Kier alpha value is -2.07. The van der Waals surface area contributed by atoms with Gasteiger partial charge < -0.3 is 20.2 Å². The third kappa shape index (κ3) is 6.20. The lowest BCUT2D eigenvalue weighted by molar-refractivity contribution is -0.121. The molecule has 8 nitrogen and oxygen atoms in total. The number of carbonyl (C=O) groups excluding carboxylic acids is 1. The van der Waals surface area contributed by atoms with E-state index in [0.29, 0.717) is 23.2 Å². The molecule has 0 spiro atoms. The maximum atomic E-state index is 12.5. The molecule has 2 atom stereocenters. The first-order chi connectivity index (χ1) is 13.7. The number of anilines is 1. The lowest BCUT2D eigenvalue weighted by Crippen LogP contribution is -2.40. The molecular weight excluding hydrogens is 412 g/mol. The second-order valence-electron chi connectivity index (χ2n) is 8.14. The fourth-order valence-corrected chi connectivity index (χ4v) is 4.91. The van der Waals surface area contributed by atoms with E-state index in [1.54, 1.807) is 24.2 Å². The minimum atomic E-state index is -1.04. The van der Waals surface area contributed by atoms with E-state index in [1.807, 2.05) is 0 Å². The highest BCUT2D eigenvalue weighted by Gasteiger charge is 2.28. The van der Waals surface area contributed by atoms with Gasteiger partial charge >= 0.3 is 6.09 Å². The average Bonchev–Trinajstić information content (AvgIpc) is 3.28. The number of nitrogens with zero attached hydrogens (tertiary/aromatic N) is 2.